The number of ether oxygens (including phenoxy) is 1. The summed E-state index contributed by atoms with van der Waals surface area (Å²) in [7, 11) is 0. The standard InChI is InChI=1S/C15H20O4/c16-12-6-15(7-19-12,14(17)18)13-10-2-8-1-9(4-10)5-11(13)3-8/h8-11,13H,1-7H2,(H,17,18). The molecule has 19 heavy (non-hydrogen) atoms. The molecule has 1 saturated heterocycles. The van der Waals surface area contributed by atoms with E-state index in [2.05, 4.69) is 0 Å². The fourth-order valence-electron chi connectivity index (χ4n) is 5.89. The number of aliphatic carboxylic acids is 1. The molecule has 0 aromatic carbocycles. The van der Waals surface area contributed by atoms with Crippen molar-refractivity contribution in [2.45, 2.75) is 38.5 Å². The Kier molecular flexibility index (Phi) is 2.31. The van der Waals surface area contributed by atoms with Crippen LogP contribution in [0.2, 0.25) is 0 Å². The third-order valence-electron chi connectivity index (χ3n) is 6.24. The van der Waals surface area contributed by atoms with Crippen LogP contribution >= 0.6 is 0 Å². The van der Waals surface area contributed by atoms with Gasteiger partial charge >= 0.3 is 11.9 Å². The lowest BCUT2D eigenvalue weighted by Gasteiger charge is -2.57. The van der Waals surface area contributed by atoms with Crippen molar-refractivity contribution in [3.8, 4) is 0 Å². The highest BCUT2D eigenvalue weighted by Gasteiger charge is 2.61. The SMILES string of the molecule is O=C1CC(C(=O)O)(C2C3CC4CC(C3)CC2C4)CO1. The molecule has 4 bridgehead atoms. The fraction of sp³-hybridized carbons (Fsp3) is 0.867. The van der Waals surface area contributed by atoms with Crippen molar-refractivity contribution < 1.29 is 19.4 Å². The Bertz CT molecular complexity index is 415. The number of carbonyl (C=O) groups is 2. The van der Waals surface area contributed by atoms with Crippen LogP contribution in [0.3, 0.4) is 0 Å². The molecule has 5 fully saturated rings. The van der Waals surface area contributed by atoms with Crippen molar-refractivity contribution in [1.82, 2.24) is 0 Å². The maximum absolute atomic E-state index is 11.9. The summed E-state index contributed by atoms with van der Waals surface area (Å²) in [5.74, 6) is 1.71. The largest absolute Gasteiger partial charge is 0.481 e. The van der Waals surface area contributed by atoms with Crippen molar-refractivity contribution in [3.63, 3.8) is 0 Å². The maximum Gasteiger partial charge on any atom is 0.314 e. The van der Waals surface area contributed by atoms with Gasteiger partial charge in [0.1, 0.15) is 12.0 Å². The number of hydrogen-bond acceptors (Lipinski definition) is 3. The van der Waals surface area contributed by atoms with E-state index in [1.165, 1.54) is 32.1 Å². The smallest absolute Gasteiger partial charge is 0.314 e. The fourth-order valence-corrected chi connectivity index (χ4v) is 5.89. The molecule has 1 atom stereocenters. The summed E-state index contributed by atoms with van der Waals surface area (Å²) in [4.78, 5) is 23.4. The van der Waals surface area contributed by atoms with Crippen LogP contribution in [0.15, 0.2) is 0 Å². The summed E-state index contributed by atoms with van der Waals surface area (Å²) in [6, 6.07) is 0. The second kappa shape index (κ2) is 3.74. The number of hydrogen-bond donors (Lipinski definition) is 1. The minimum atomic E-state index is -0.917. The van der Waals surface area contributed by atoms with Gasteiger partial charge in [-0.05, 0) is 61.7 Å². The monoisotopic (exact) mass is 264 g/mol. The quantitative estimate of drug-likeness (QED) is 0.776. The Balaban J connectivity index is 1.70. The number of carboxylic acids is 1. The zero-order chi connectivity index (χ0) is 13.2. The van der Waals surface area contributed by atoms with Crippen LogP contribution in [0.5, 0.6) is 0 Å². The molecule has 0 aromatic rings. The first-order valence-electron chi connectivity index (χ1n) is 7.47. The molecular formula is C15H20O4. The molecule has 5 rings (SSSR count). The van der Waals surface area contributed by atoms with Crippen LogP contribution < -0.4 is 0 Å². The van der Waals surface area contributed by atoms with Gasteiger partial charge in [-0.3, -0.25) is 9.59 Å². The van der Waals surface area contributed by atoms with Gasteiger partial charge < -0.3 is 9.84 Å². The molecule has 4 heteroatoms. The third-order valence-corrected chi connectivity index (χ3v) is 6.24. The number of carboxylic acid groups (broad SMARTS) is 1. The van der Waals surface area contributed by atoms with Crippen LogP contribution in [0.25, 0.3) is 0 Å². The molecular weight excluding hydrogens is 244 g/mol. The predicted molar refractivity (Wildman–Crippen MR) is 66.2 cm³/mol. The zero-order valence-corrected chi connectivity index (χ0v) is 11.0. The highest BCUT2D eigenvalue weighted by atomic mass is 16.5. The van der Waals surface area contributed by atoms with Gasteiger partial charge in [0.25, 0.3) is 0 Å². The summed E-state index contributed by atoms with van der Waals surface area (Å²) < 4.78 is 5.07. The highest BCUT2D eigenvalue weighted by molar-refractivity contribution is 5.85. The molecule has 5 aliphatic rings. The normalized spacial score (nSPS) is 51.4. The molecule has 0 amide bonds. The van der Waals surface area contributed by atoms with Crippen LogP contribution in [-0.2, 0) is 14.3 Å². The van der Waals surface area contributed by atoms with Crippen LogP contribution in [0.1, 0.15) is 38.5 Å². The van der Waals surface area contributed by atoms with Crippen molar-refractivity contribution in [2.24, 2.45) is 35.0 Å². The second-order valence-corrected chi connectivity index (χ2v) is 7.26. The molecule has 4 aliphatic carbocycles. The Morgan fingerprint density at radius 1 is 1.11 bits per heavy atom. The Morgan fingerprint density at radius 2 is 1.68 bits per heavy atom. The minimum Gasteiger partial charge on any atom is -0.481 e. The lowest BCUT2D eigenvalue weighted by Crippen LogP contribution is -2.54. The van der Waals surface area contributed by atoms with Gasteiger partial charge in [0.15, 0.2) is 0 Å². The molecule has 4 nitrogen and oxygen atoms in total. The minimum absolute atomic E-state index is 0.0926. The lowest BCUT2D eigenvalue weighted by atomic mass is 9.46. The van der Waals surface area contributed by atoms with E-state index < -0.39 is 11.4 Å². The van der Waals surface area contributed by atoms with Gasteiger partial charge in [-0.15, -0.1) is 0 Å². The zero-order valence-electron chi connectivity index (χ0n) is 11.0. The summed E-state index contributed by atoms with van der Waals surface area (Å²) in [6.45, 7) is 0.105. The molecule has 1 unspecified atom stereocenters. The van der Waals surface area contributed by atoms with E-state index in [-0.39, 0.29) is 24.9 Å². The number of cyclic esters (lactones) is 1. The second-order valence-electron chi connectivity index (χ2n) is 7.26. The Hall–Kier alpha value is -1.06. The van der Waals surface area contributed by atoms with E-state index in [1.807, 2.05) is 0 Å². The lowest BCUT2D eigenvalue weighted by molar-refractivity contribution is -0.166. The maximum atomic E-state index is 11.9. The Labute approximate surface area is 112 Å². The van der Waals surface area contributed by atoms with Crippen LogP contribution in [-0.4, -0.2) is 23.7 Å². The third kappa shape index (κ3) is 1.52. The molecule has 0 radical (unpaired) electrons. The number of esters is 1. The van der Waals surface area contributed by atoms with Crippen molar-refractivity contribution in [1.29, 1.82) is 0 Å². The number of rotatable bonds is 2. The van der Waals surface area contributed by atoms with E-state index in [0.29, 0.717) is 11.8 Å². The van der Waals surface area contributed by atoms with Crippen molar-refractivity contribution >= 4 is 11.9 Å². The van der Waals surface area contributed by atoms with E-state index in [9.17, 15) is 14.7 Å². The average Bonchev–Trinajstić information content (AvgIpc) is 2.71. The van der Waals surface area contributed by atoms with E-state index in [1.54, 1.807) is 0 Å². The first-order valence-corrected chi connectivity index (χ1v) is 7.47. The van der Waals surface area contributed by atoms with Gasteiger partial charge in [-0.1, -0.05) is 0 Å². The molecule has 4 saturated carbocycles. The molecule has 104 valence electrons. The average molecular weight is 264 g/mol. The molecule has 0 spiro atoms. The molecule has 0 aromatic heterocycles. The van der Waals surface area contributed by atoms with Gasteiger partial charge in [-0.25, -0.2) is 0 Å². The summed E-state index contributed by atoms with van der Waals surface area (Å²) in [6.07, 6.45) is 6.17. The van der Waals surface area contributed by atoms with Gasteiger partial charge in [0.2, 0.25) is 0 Å². The molecule has 1 aliphatic heterocycles. The van der Waals surface area contributed by atoms with E-state index >= 15 is 0 Å². The summed E-state index contributed by atoms with van der Waals surface area (Å²) in [5.41, 5.74) is -0.917. The Morgan fingerprint density at radius 3 is 2.11 bits per heavy atom. The first-order chi connectivity index (χ1) is 9.08. The van der Waals surface area contributed by atoms with Crippen molar-refractivity contribution in [2.75, 3.05) is 6.61 Å². The number of carbonyl (C=O) groups excluding carboxylic acids is 1. The molecule has 1 heterocycles. The van der Waals surface area contributed by atoms with E-state index in [0.717, 1.165) is 11.8 Å². The van der Waals surface area contributed by atoms with Crippen molar-refractivity contribution in [3.05, 3.63) is 0 Å². The summed E-state index contributed by atoms with van der Waals surface area (Å²) in [5, 5.41) is 9.73. The predicted octanol–water partition coefficient (Wildman–Crippen LogP) is 2.08. The van der Waals surface area contributed by atoms with Gasteiger partial charge in [-0.2, -0.15) is 0 Å². The molecule has 1 N–H and O–H groups in total. The van der Waals surface area contributed by atoms with Gasteiger partial charge in [0, 0.05) is 0 Å². The first kappa shape index (κ1) is 11.7. The summed E-state index contributed by atoms with van der Waals surface area (Å²) >= 11 is 0. The van der Waals surface area contributed by atoms with Gasteiger partial charge in [0.05, 0.1) is 6.42 Å². The van der Waals surface area contributed by atoms with E-state index in [4.69, 9.17) is 4.74 Å². The van der Waals surface area contributed by atoms with Crippen LogP contribution in [0.4, 0.5) is 0 Å². The highest BCUT2D eigenvalue weighted by Crippen LogP contribution is 2.62. The topological polar surface area (TPSA) is 63.6 Å². The van der Waals surface area contributed by atoms with Crippen LogP contribution in [0, 0.1) is 35.0 Å².